The zero-order valence-electron chi connectivity index (χ0n) is 11.2. The van der Waals surface area contributed by atoms with Gasteiger partial charge in [0.2, 0.25) is 0 Å². The van der Waals surface area contributed by atoms with Crippen LogP contribution in [-0.4, -0.2) is 24.2 Å². The van der Waals surface area contributed by atoms with Gasteiger partial charge in [-0.3, -0.25) is 4.79 Å². The highest BCUT2D eigenvalue weighted by Gasteiger charge is 2.43. The average Bonchev–Trinajstić information content (AvgIpc) is 2.31. The fourth-order valence-electron chi connectivity index (χ4n) is 2.49. The van der Waals surface area contributed by atoms with Crippen LogP contribution in [0, 0.1) is 18.2 Å². The number of hydrogen-bond acceptors (Lipinski definition) is 2. The molecule has 0 saturated heterocycles. The van der Waals surface area contributed by atoms with Crippen LogP contribution in [0.1, 0.15) is 30.4 Å². The van der Waals surface area contributed by atoms with Crippen molar-refractivity contribution in [3.8, 4) is 0 Å². The number of carbonyl (C=O) groups is 1. The number of carboxylic acid groups (broad SMARTS) is 1. The summed E-state index contributed by atoms with van der Waals surface area (Å²) < 4.78 is 13.1. The van der Waals surface area contributed by atoms with Gasteiger partial charge in [0.15, 0.2) is 0 Å². The molecule has 19 heavy (non-hydrogen) atoms. The van der Waals surface area contributed by atoms with Crippen LogP contribution in [-0.2, 0) is 11.2 Å². The largest absolute Gasteiger partial charge is 0.481 e. The van der Waals surface area contributed by atoms with Crippen LogP contribution in [0.15, 0.2) is 18.2 Å². The minimum absolute atomic E-state index is 0.184. The van der Waals surface area contributed by atoms with Crippen LogP contribution < -0.4 is 5.32 Å². The summed E-state index contributed by atoms with van der Waals surface area (Å²) in [5.41, 5.74) is 1.18. The van der Waals surface area contributed by atoms with Crippen molar-refractivity contribution in [3.63, 3.8) is 0 Å². The highest BCUT2D eigenvalue weighted by Crippen LogP contribution is 2.40. The van der Waals surface area contributed by atoms with Crippen molar-refractivity contribution in [2.45, 2.75) is 32.6 Å². The maximum atomic E-state index is 13.1. The molecule has 0 spiro atoms. The Labute approximate surface area is 112 Å². The summed E-state index contributed by atoms with van der Waals surface area (Å²) in [6.45, 7) is 3.00. The van der Waals surface area contributed by atoms with Gasteiger partial charge in [-0.2, -0.15) is 0 Å². The second-order valence-corrected chi connectivity index (χ2v) is 5.45. The van der Waals surface area contributed by atoms with Gasteiger partial charge in [-0.05, 0) is 49.9 Å². The van der Waals surface area contributed by atoms with Crippen molar-refractivity contribution in [2.75, 3.05) is 13.1 Å². The summed E-state index contributed by atoms with van der Waals surface area (Å²) >= 11 is 0. The number of halogens is 1. The van der Waals surface area contributed by atoms with Crippen LogP contribution in [0.2, 0.25) is 0 Å². The molecule has 1 aliphatic carbocycles. The average molecular weight is 265 g/mol. The minimum Gasteiger partial charge on any atom is -0.481 e. The number of carboxylic acids is 1. The predicted molar refractivity (Wildman–Crippen MR) is 71.6 cm³/mol. The standard InChI is InChI=1S/C15H20FNO2/c1-11-9-12(3-4-13(11)16)5-8-17-10-15(14(18)19)6-2-7-15/h3-4,9,17H,2,5-8,10H2,1H3,(H,18,19). The first-order valence-corrected chi connectivity index (χ1v) is 6.73. The Morgan fingerprint density at radius 2 is 2.21 bits per heavy atom. The van der Waals surface area contributed by atoms with Gasteiger partial charge in [0, 0.05) is 6.54 Å². The summed E-state index contributed by atoms with van der Waals surface area (Å²) in [5.74, 6) is -0.875. The molecule has 0 heterocycles. The first-order chi connectivity index (χ1) is 9.03. The van der Waals surface area contributed by atoms with Crippen LogP contribution in [0.25, 0.3) is 0 Å². The van der Waals surface area contributed by atoms with Gasteiger partial charge in [0.1, 0.15) is 5.82 Å². The third-order valence-electron chi connectivity index (χ3n) is 4.04. The van der Waals surface area contributed by atoms with Gasteiger partial charge in [-0.1, -0.05) is 18.6 Å². The SMILES string of the molecule is Cc1cc(CCNCC2(C(=O)O)CCC2)ccc1F. The molecule has 0 amide bonds. The van der Waals surface area contributed by atoms with Crippen molar-refractivity contribution in [1.82, 2.24) is 5.32 Å². The van der Waals surface area contributed by atoms with Gasteiger partial charge < -0.3 is 10.4 Å². The van der Waals surface area contributed by atoms with E-state index in [1.807, 2.05) is 6.07 Å². The fourth-order valence-corrected chi connectivity index (χ4v) is 2.49. The van der Waals surface area contributed by atoms with Crippen LogP contribution in [0.3, 0.4) is 0 Å². The molecule has 0 aromatic heterocycles. The summed E-state index contributed by atoms with van der Waals surface area (Å²) in [6, 6.07) is 5.10. The maximum Gasteiger partial charge on any atom is 0.310 e. The van der Waals surface area contributed by atoms with Gasteiger partial charge in [-0.25, -0.2) is 4.39 Å². The third-order valence-corrected chi connectivity index (χ3v) is 4.04. The topological polar surface area (TPSA) is 49.3 Å². The highest BCUT2D eigenvalue weighted by atomic mass is 19.1. The third kappa shape index (κ3) is 3.13. The van der Waals surface area contributed by atoms with E-state index >= 15 is 0 Å². The van der Waals surface area contributed by atoms with Crippen molar-refractivity contribution in [2.24, 2.45) is 5.41 Å². The van der Waals surface area contributed by atoms with E-state index in [1.165, 1.54) is 6.07 Å². The van der Waals surface area contributed by atoms with Crippen LogP contribution in [0.5, 0.6) is 0 Å². The number of hydrogen-bond donors (Lipinski definition) is 2. The van der Waals surface area contributed by atoms with Crippen molar-refractivity contribution in [1.29, 1.82) is 0 Å². The molecule has 1 fully saturated rings. The number of nitrogens with one attached hydrogen (secondary N) is 1. The van der Waals surface area contributed by atoms with E-state index in [4.69, 9.17) is 0 Å². The van der Waals surface area contributed by atoms with E-state index in [9.17, 15) is 14.3 Å². The Morgan fingerprint density at radius 1 is 1.47 bits per heavy atom. The number of rotatable bonds is 6. The Kier molecular flexibility index (Phi) is 4.20. The molecule has 1 saturated carbocycles. The molecule has 0 aliphatic heterocycles. The minimum atomic E-state index is -0.691. The lowest BCUT2D eigenvalue weighted by molar-refractivity contribution is -0.154. The first-order valence-electron chi connectivity index (χ1n) is 6.73. The lowest BCUT2D eigenvalue weighted by Crippen LogP contribution is -2.46. The second kappa shape index (κ2) is 5.70. The molecule has 4 heteroatoms. The van der Waals surface area contributed by atoms with E-state index < -0.39 is 11.4 Å². The van der Waals surface area contributed by atoms with Gasteiger partial charge in [0.25, 0.3) is 0 Å². The molecule has 0 atom stereocenters. The second-order valence-electron chi connectivity index (χ2n) is 5.45. The van der Waals surface area contributed by atoms with Crippen molar-refractivity contribution >= 4 is 5.97 Å². The van der Waals surface area contributed by atoms with E-state index in [-0.39, 0.29) is 5.82 Å². The normalized spacial score (nSPS) is 16.9. The molecule has 1 aliphatic rings. The van der Waals surface area contributed by atoms with Gasteiger partial charge in [-0.15, -0.1) is 0 Å². The zero-order chi connectivity index (χ0) is 13.9. The molecule has 104 valence electrons. The summed E-state index contributed by atoms with van der Waals surface area (Å²) in [4.78, 5) is 11.2. The Balaban J connectivity index is 1.77. The maximum absolute atomic E-state index is 13.1. The number of benzene rings is 1. The molecular formula is C15H20FNO2. The Hall–Kier alpha value is -1.42. The molecule has 3 nitrogen and oxygen atoms in total. The lowest BCUT2D eigenvalue weighted by Gasteiger charge is -2.37. The molecule has 2 N–H and O–H groups in total. The van der Waals surface area contributed by atoms with E-state index in [2.05, 4.69) is 5.32 Å². The van der Waals surface area contributed by atoms with E-state index in [0.29, 0.717) is 12.1 Å². The smallest absolute Gasteiger partial charge is 0.310 e. The van der Waals surface area contributed by atoms with E-state index in [0.717, 1.165) is 37.8 Å². The Bertz CT molecular complexity index is 469. The lowest BCUT2D eigenvalue weighted by atomic mass is 9.69. The molecule has 2 rings (SSSR count). The first kappa shape index (κ1) is 14.0. The van der Waals surface area contributed by atoms with E-state index in [1.54, 1.807) is 13.0 Å². The zero-order valence-corrected chi connectivity index (χ0v) is 11.2. The summed E-state index contributed by atoms with van der Waals surface area (Å²) in [5, 5.41) is 12.4. The van der Waals surface area contributed by atoms with Crippen LogP contribution >= 0.6 is 0 Å². The Morgan fingerprint density at radius 3 is 2.74 bits per heavy atom. The molecular weight excluding hydrogens is 245 g/mol. The quantitative estimate of drug-likeness (QED) is 0.777. The van der Waals surface area contributed by atoms with Gasteiger partial charge >= 0.3 is 5.97 Å². The summed E-state index contributed by atoms with van der Waals surface area (Å²) in [6.07, 6.45) is 3.33. The number of aryl methyl sites for hydroxylation is 1. The predicted octanol–water partition coefficient (Wildman–Crippen LogP) is 2.52. The summed E-state index contributed by atoms with van der Waals surface area (Å²) in [7, 11) is 0. The molecule has 1 aromatic rings. The molecule has 0 bridgehead atoms. The molecule has 1 aromatic carbocycles. The fraction of sp³-hybridized carbons (Fsp3) is 0.533. The van der Waals surface area contributed by atoms with Gasteiger partial charge in [0.05, 0.1) is 5.41 Å². The molecule has 0 unspecified atom stereocenters. The number of aliphatic carboxylic acids is 1. The van der Waals surface area contributed by atoms with Crippen LogP contribution in [0.4, 0.5) is 4.39 Å². The monoisotopic (exact) mass is 265 g/mol. The van der Waals surface area contributed by atoms with Crippen molar-refractivity contribution < 1.29 is 14.3 Å². The van der Waals surface area contributed by atoms with Crippen molar-refractivity contribution in [3.05, 3.63) is 35.1 Å². The molecule has 0 radical (unpaired) electrons. The highest BCUT2D eigenvalue weighted by molar-refractivity contribution is 5.76.